The van der Waals surface area contributed by atoms with Gasteiger partial charge in [-0.1, -0.05) is 30.3 Å². The highest BCUT2D eigenvalue weighted by atomic mass is 35.5. The van der Waals surface area contributed by atoms with Crippen LogP contribution in [0.25, 0.3) is 0 Å². The van der Waals surface area contributed by atoms with Crippen LogP contribution in [0.15, 0.2) is 36.5 Å². The number of rotatable bonds is 5. The van der Waals surface area contributed by atoms with Crippen molar-refractivity contribution in [3.63, 3.8) is 0 Å². The molecule has 1 aliphatic rings. The molecule has 1 aromatic heterocycles. The number of hydrogen-bond donors (Lipinski definition) is 2. The van der Waals surface area contributed by atoms with Gasteiger partial charge in [-0.25, -0.2) is 4.98 Å². The third-order valence-corrected chi connectivity index (χ3v) is 5.03. The van der Waals surface area contributed by atoms with Gasteiger partial charge in [0.1, 0.15) is 0 Å². The second kappa shape index (κ2) is 9.01. The zero-order valence-electron chi connectivity index (χ0n) is 13.5. The molecular formula is C17H23ClN4OS. The molecule has 1 amide bonds. The highest BCUT2D eigenvalue weighted by Gasteiger charge is 2.25. The van der Waals surface area contributed by atoms with Crippen molar-refractivity contribution in [3.05, 3.63) is 47.0 Å². The van der Waals surface area contributed by atoms with Crippen LogP contribution in [-0.4, -0.2) is 28.9 Å². The predicted octanol–water partition coefficient (Wildman–Crippen LogP) is 2.68. The van der Waals surface area contributed by atoms with Gasteiger partial charge in [0.15, 0.2) is 5.13 Å². The molecule has 0 unspecified atom stereocenters. The normalized spacial score (nSPS) is 15.7. The molecule has 2 aromatic rings. The SMILES string of the molecule is Cl.Nc1ncc(CN2CCC(C(=O)NCc3ccccc3)CC2)s1. The van der Waals surface area contributed by atoms with Gasteiger partial charge in [0.05, 0.1) is 0 Å². The molecule has 3 N–H and O–H groups in total. The predicted molar refractivity (Wildman–Crippen MR) is 100 cm³/mol. The smallest absolute Gasteiger partial charge is 0.223 e. The van der Waals surface area contributed by atoms with Crippen LogP contribution in [0.2, 0.25) is 0 Å². The quantitative estimate of drug-likeness (QED) is 0.853. The Kier molecular flexibility index (Phi) is 7.02. The van der Waals surface area contributed by atoms with Crippen molar-refractivity contribution >= 4 is 34.8 Å². The lowest BCUT2D eigenvalue weighted by molar-refractivity contribution is -0.126. The number of likely N-dealkylation sites (tertiary alicyclic amines) is 1. The summed E-state index contributed by atoms with van der Waals surface area (Å²) in [6.07, 6.45) is 3.67. The largest absolute Gasteiger partial charge is 0.375 e. The number of thiazole rings is 1. The monoisotopic (exact) mass is 366 g/mol. The van der Waals surface area contributed by atoms with E-state index in [1.807, 2.05) is 36.5 Å². The summed E-state index contributed by atoms with van der Waals surface area (Å²) in [6, 6.07) is 10.0. The second-order valence-electron chi connectivity index (χ2n) is 5.92. The van der Waals surface area contributed by atoms with Crippen LogP contribution < -0.4 is 11.1 Å². The Labute approximate surface area is 152 Å². The lowest BCUT2D eigenvalue weighted by Crippen LogP contribution is -2.39. The molecule has 0 spiro atoms. The van der Waals surface area contributed by atoms with Crippen LogP contribution in [0.3, 0.4) is 0 Å². The van der Waals surface area contributed by atoms with Crippen LogP contribution in [0, 0.1) is 5.92 Å². The summed E-state index contributed by atoms with van der Waals surface area (Å²) in [7, 11) is 0. The number of nitrogens with zero attached hydrogens (tertiary/aromatic N) is 2. The lowest BCUT2D eigenvalue weighted by atomic mass is 9.96. The summed E-state index contributed by atoms with van der Waals surface area (Å²) in [5.41, 5.74) is 6.80. The Morgan fingerprint density at radius 1 is 1.29 bits per heavy atom. The van der Waals surface area contributed by atoms with E-state index in [0.29, 0.717) is 11.7 Å². The van der Waals surface area contributed by atoms with Crippen LogP contribution >= 0.6 is 23.7 Å². The van der Waals surface area contributed by atoms with E-state index in [9.17, 15) is 4.79 Å². The molecule has 0 atom stereocenters. The van der Waals surface area contributed by atoms with Crippen LogP contribution in [0.1, 0.15) is 23.3 Å². The van der Waals surface area contributed by atoms with Gasteiger partial charge in [0.25, 0.3) is 0 Å². The number of amides is 1. The number of halogens is 1. The number of aromatic nitrogens is 1. The first-order valence-electron chi connectivity index (χ1n) is 7.95. The first-order chi connectivity index (χ1) is 11.2. The van der Waals surface area contributed by atoms with Crippen molar-refractivity contribution in [1.82, 2.24) is 15.2 Å². The number of hydrogen-bond acceptors (Lipinski definition) is 5. The maximum absolute atomic E-state index is 12.3. The van der Waals surface area contributed by atoms with E-state index in [4.69, 9.17) is 5.73 Å². The van der Waals surface area contributed by atoms with Gasteiger partial charge in [0.2, 0.25) is 5.91 Å². The minimum atomic E-state index is 0. The molecule has 1 saturated heterocycles. The lowest BCUT2D eigenvalue weighted by Gasteiger charge is -2.30. The van der Waals surface area contributed by atoms with Gasteiger partial charge in [-0.2, -0.15) is 0 Å². The highest BCUT2D eigenvalue weighted by Crippen LogP contribution is 2.22. The van der Waals surface area contributed by atoms with Gasteiger partial charge < -0.3 is 11.1 Å². The molecule has 0 aliphatic carbocycles. The Balaban J connectivity index is 0.00000208. The van der Waals surface area contributed by atoms with Gasteiger partial charge >= 0.3 is 0 Å². The maximum Gasteiger partial charge on any atom is 0.223 e. The molecule has 7 heteroatoms. The molecular weight excluding hydrogens is 344 g/mol. The van der Waals surface area contributed by atoms with Gasteiger partial charge in [-0.15, -0.1) is 23.7 Å². The minimum absolute atomic E-state index is 0. The topological polar surface area (TPSA) is 71.2 Å². The number of nitrogen functional groups attached to an aromatic ring is 1. The van der Waals surface area contributed by atoms with Gasteiger partial charge in [-0.3, -0.25) is 9.69 Å². The summed E-state index contributed by atoms with van der Waals surface area (Å²) < 4.78 is 0. The van der Waals surface area contributed by atoms with Crippen molar-refractivity contribution in [2.24, 2.45) is 5.92 Å². The van der Waals surface area contributed by atoms with E-state index >= 15 is 0 Å². The zero-order chi connectivity index (χ0) is 16.1. The highest BCUT2D eigenvalue weighted by molar-refractivity contribution is 7.15. The molecule has 0 radical (unpaired) electrons. The van der Waals surface area contributed by atoms with Crippen molar-refractivity contribution in [3.8, 4) is 0 Å². The average molecular weight is 367 g/mol. The number of anilines is 1. The molecule has 24 heavy (non-hydrogen) atoms. The number of nitrogens with two attached hydrogens (primary N) is 1. The fourth-order valence-corrected chi connectivity index (χ4v) is 3.63. The van der Waals surface area contributed by atoms with E-state index in [1.165, 1.54) is 16.2 Å². The third-order valence-electron chi connectivity index (χ3n) is 4.22. The Morgan fingerprint density at radius 3 is 2.62 bits per heavy atom. The zero-order valence-corrected chi connectivity index (χ0v) is 15.1. The van der Waals surface area contributed by atoms with E-state index in [1.54, 1.807) is 0 Å². The first kappa shape index (κ1) is 18.7. The van der Waals surface area contributed by atoms with Crippen LogP contribution in [0.5, 0.6) is 0 Å². The molecule has 1 aliphatic heterocycles. The van der Waals surface area contributed by atoms with Crippen LogP contribution in [0.4, 0.5) is 5.13 Å². The summed E-state index contributed by atoms with van der Waals surface area (Å²) in [5.74, 6) is 0.303. The number of carbonyl (C=O) groups is 1. The third kappa shape index (κ3) is 5.19. The minimum Gasteiger partial charge on any atom is -0.375 e. The molecule has 1 fully saturated rings. The molecule has 0 bridgehead atoms. The number of piperidine rings is 1. The molecule has 2 heterocycles. The standard InChI is InChI=1S/C17H22N4OS.ClH/c18-17-20-11-15(23-17)12-21-8-6-14(7-9-21)16(22)19-10-13-4-2-1-3-5-13;/h1-5,11,14H,6-10,12H2,(H2,18,20)(H,19,22);1H. The summed E-state index contributed by atoms with van der Waals surface area (Å²) in [6.45, 7) is 3.38. The molecule has 1 aromatic carbocycles. The maximum atomic E-state index is 12.3. The van der Waals surface area contributed by atoms with Gasteiger partial charge in [0, 0.05) is 30.1 Å². The van der Waals surface area contributed by atoms with Crippen molar-refractivity contribution in [2.75, 3.05) is 18.8 Å². The average Bonchev–Trinajstić information content (AvgIpc) is 2.99. The van der Waals surface area contributed by atoms with Crippen molar-refractivity contribution in [1.29, 1.82) is 0 Å². The second-order valence-corrected chi connectivity index (χ2v) is 7.07. The van der Waals surface area contributed by atoms with E-state index in [2.05, 4.69) is 15.2 Å². The summed E-state index contributed by atoms with van der Waals surface area (Å²) in [5, 5.41) is 3.68. The van der Waals surface area contributed by atoms with Gasteiger partial charge in [-0.05, 0) is 31.5 Å². The summed E-state index contributed by atoms with van der Waals surface area (Å²) >= 11 is 1.54. The van der Waals surface area contributed by atoms with E-state index in [-0.39, 0.29) is 24.2 Å². The summed E-state index contributed by atoms with van der Waals surface area (Å²) in [4.78, 5) is 19.9. The number of benzene rings is 1. The van der Waals surface area contributed by atoms with Crippen molar-refractivity contribution in [2.45, 2.75) is 25.9 Å². The fraction of sp³-hybridized carbons (Fsp3) is 0.412. The van der Waals surface area contributed by atoms with Crippen molar-refractivity contribution < 1.29 is 4.79 Å². The van der Waals surface area contributed by atoms with E-state index in [0.717, 1.165) is 38.0 Å². The number of carbonyl (C=O) groups excluding carboxylic acids is 1. The number of nitrogens with one attached hydrogen (secondary N) is 1. The molecule has 5 nitrogen and oxygen atoms in total. The Hall–Kier alpha value is -1.63. The first-order valence-corrected chi connectivity index (χ1v) is 8.76. The fourth-order valence-electron chi connectivity index (χ4n) is 2.90. The molecule has 0 saturated carbocycles. The van der Waals surface area contributed by atoms with Crippen LogP contribution in [-0.2, 0) is 17.9 Å². The Morgan fingerprint density at radius 2 is 2.00 bits per heavy atom. The molecule has 130 valence electrons. The Bertz CT molecular complexity index is 641. The van der Waals surface area contributed by atoms with E-state index < -0.39 is 0 Å². The molecule has 3 rings (SSSR count).